The number of ether oxygens (including phenoxy) is 1. The second kappa shape index (κ2) is 6.56. The molecular weight excluding hydrogens is 277 g/mol. The summed E-state index contributed by atoms with van der Waals surface area (Å²) in [6, 6.07) is 4.39. The van der Waals surface area contributed by atoms with E-state index in [-0.39, 0.29) is 24.6 Å². The fraction of sp³-hybridized carbons (Fsp3) is 0.467. The minimum absolute atomic E-state index is 0.0628. The highest BCUT2D eigenvalue weighted by atomic mass is 19.1. The van der Waals surface area contributed by atoms with Gasteiger partial charge in [0.05, 0.1) is 19.4 Å². The lowest BCUT2D eigenvalue weighted by molar-refractivity contribution is -0.145. The molecule has 1 fully saturated rings. The van der Waals surface area contributed by atoms with Gasteiger partial charge in [0.1, 0.15) is 0 Å². The van der Waals surface area contributed by atoms with Crippen molar-refractivity contribution in [3.8, 4) is 5.75 Å². The number of aliphatic carboxylic acids is 1. The van der Waals surface area contributed by atoms with Crippen LogP contribution in [-0.4, -0.2) is 42.1 Å². The zero-order chi connectivity index (χ0) is 15.4. The highest BCUT2D eigenvalue weighted by molar-refractivity contribution is 5.80. The predicted octanol–water partition coefficient (Wildman–Crippen LogP) is 1.70. The number of amides is 1. The minimum Gasteiger partial charge on any atom is -0.494 e. The van der Waals surface area contributed by atoms with Gasteiger partial charge in [-0.25, -0.2) is 4.39 Å². The largest absolute Gasteiger partial charge is 0.494 e. The Morgan fingerprint density at radius 1 is 1.48 bits per heavy atom. The van der Waals surface area contributed by atoms with Crippen molar-refractivity contribution >= 4 is 11.9 Å². The highest BCUT2D eigenvalue weighted by Gasteiger charge is 2.28. The maximum absolute atomic E-state index is 13.6. The van der Waals surface area contributed by atoms with E-state index in [1.165, 1.54) is 19.2 Å². The summed E-state index contributed by atoms with van der Waals surface area (Å²) in [4.78, 5) is 24.7. The van der Waals surface area contributed by atoms with Crippen molar-refractivity contribution in [2.45, 2.75) is 19.3 Å². The van der Waals surface area contributed by atoms with Crippen molar-refractivity contribution in [3.63, 3.8) is 0 Å². The van der Waals surface area contributed by atoms with Crippen LogP contribution in [0.3, 0.4) is 0 Å². The molecule has 1 amide bonds. The van der Waals surface area contributed by atoms with E-state index in [1.807, 2.05) is 0 Å². The molecule has 1 unspecified atom stereocenters. The van der Waals surface area contributed by atoms with Crippen LogP contribution in [0.15, 0.2) is 18.2 Å². The summed E-state index contributed by atoms with van der Waals surface area (Å²) in [6.07, 6.45) is 1.34. The lowest BCUT2D eigenvalue weighted by atomic mass is 9.97. The average molecular weight is 295 g/mol. The number of carbonyl (C=O) groups excluding carboxylic acids is 1. The molecule has 6 heteroatoms. The second-order valence-corrected chi connectivity index (χ2v) is 5.16. The van der Waals surface area contributed by atoms with Crippen LogP contribution in [0.5, 0.6) is 5.75 Å². The molecule has 2 rings (SSSR count). The van der Waals surface area contributed by atoms with E-state index in [0.29, 0.717) is 24.9 Å². The second-order valence-electron chi connectivity index (χ2n) is 5.16. The zero-order valence-corrected chi connectivity index (χ0v) is 11.8. The molecule has 1 atom stereocenters. The number of carbonyl (C=O) groups is 2. The van der Waals surface area contributed by atoms with Crippen molar-refractivity contribution in [2.24, 2.45) is 5.92 Å². The Labute approximate surface area is 122 Å². The van der Waals surface area contributed by atoms with Crippen LogP contribution in [0.25, 0.3) is 0 Å². The summed E-state index contributed by atoms with van der Waals surface area (Å²) >= 11 is 0. The molecule has 0 aliphatic carbocycles. The molecular formula is C15H18FNO4. The fourth-order valence-corrected chi connectivity index (χ4v) is 2.51. The van der Waals surface area contributed by atoms with Crippen molar-refractivity contribution in [2.75, 3.05) is 20.2 Å². The average Bonchev–Trinajstić information content (AvgIpc) is 2.47. The third-order valence-corrected chi connectivity index (χ3v) is 3.69. The number of benzene rings is 1. The van der Waals surface area contributed by atoms with Gasteiger partial charge in [0, 0.05) is 13.1 Å². The zero-order valence-electron chi connectivity index (χ0n) is 11.8. The number of hydrogen-bond donors (Lipinski definition) is 1. The number of likely N-dealkylation sites (tertiary alicyclic amines) is 1. The molecule has 0 radical (unpaired) electrons. The van der Waals surface area contributed by atoms with E-state index >= 15 is 0 Å². The first kappa shape index (κ1) is 15.3. The molecule has 1 aliphatic rings. The molecule has 1 saturated heterocycles. The van der Waals surface area contributed by atoms with Crippen molar-refractivity contribution < 1.29 is 23.8 Å². The number of carboxylic acids is 1. The molecule has 0 spiro atoms. The first-order valence-electron chi connectivity index (χ1n) is 6.84. The Balaban J connectivity index is 2.00. The van der Waals surface area contributed by atoms with Gasteiger partial charge >= 0.3 is 5.97 Å². The summed E-state index contributed by atoms with van der Waals surface area (Å²) in [6.45, 7) is 0.786. The summed E-state index contributed by atoms with van der Waals surface area (Å²) < 4.78 is 18.4. The van der Waals surface area contributed by atoms with Crippen molar-refractivity contribution in [1.82, 2.24) is 4.90 Å². The van der Waals surface area contributed by atoms with Gasteiger partial charge in [-0.3, -0.25) is 9.59 Å². The standard InChI is InChI=1S/C15H18FNO4/c1-21-13-5-4-10(7-12(13)16)8-14(18)17-6-2-3-11(9-17)15(19)20/h4-5,7,11H,2-3,6,8-9H2,1H3,(H,19,20). The van der Waals surface area contributed by atoms with Crippen LogP contribution in [0.2, 0.25) is 0 Å². The van der Waals surface area contributed by atoms with Gasteiger partial charge in [0.15, 0.2) is 11.6 Å². The molecule has 1 aliphatic heterocycles. The quantitative estimate of drug-likeness (QED) is 0.918. The van der Waals surface area contributed by atoms with Crippen LogP contribution in [0.1, 0.15) is 18.4 Å². The summed E-state index contributed by atoms with van der Waals surface area (Å²) in [7, 11) is 1.38. The van der Waals surface area contributed by atoms with Gasteiger partial charge in [-0.1, -0.05) is 6.07 Å². The van der Waals surface area contributed by atoms with Crippen LogP contribution in [-0.2, 0) is 16.0 Å². The molecule has 5 nitrogen and oxygen atoms in total. The van der Waals surface area contributed by atoms with Gasteiger partial charge in [-0.2, -0.15) is 0 Å². The van der Waals surface area contributed by atoms with Gasteiger partial charge in [-0.05, 0) is 30.5 Å². The minimum atomic E-state index is -0.872. The third kappa shape index (κ3) is 3.71. The maximum Gasteiger partial charge on any atom is 0.308 e. The van der Waals surface area contributed by atoms with Gasteiger partial charge in [0.2, 0.25) is 5.91 Å². The van der Waals surface area contributed by atoms with E-state index in [2.05, 4.69) is 0 Å². The fourth-order valence-electron chi connectivity index (χ4n) is 2.51. The highest BCUT2D eigenvalue weighted by Crippen LogP contribution is 2.20. The van der Waals surface area contributed by atoms with E-state index in [9.17, 15) is 14.0 Å². The molecule has 1 aromatic rings. The van der Waals surface area contributed by atoms with Gasteiger partial charge < -0.3 is 14.7 Å². The predicted molar refractivity (Wildman–Crippen MR) is 73.6 cm³/mol. The maximum atomic E-state index is 13.6. The SMILES string of the molecule is COc1ccc(CC(=O)N2CCCC(C(=O)O)C2)cc1F. The summed E-state index contributed by atoms with van der Waals surface area (Å²) in [5.74, 6) is -1.93. The Hall–Kier alpha value is -2.11. The third-order valence-electron chi connectivity index (χ3n) is 3.69. The Kier molecular flexibility index (Phi) is 4.77. The van der Waals surface area contributed by atoms with E-state index in [4.69, 9.17) is 9.84 Å². The molecule has 0 aromatic heterocycles. The van der Waals surface area contributed by atoms with Crippen LogP contribution >= 0.6 is 0 Å². The number of piperidine rings is 1. The van der Waals surface area contributed by atoms with Crippen molar-refractivity contribution in [3.05, 3.63) is 29.6 Å². The Morgan fingerprint density at radius 3 is 2.86 bits per heavy atom. The molecule has 0 saturated carbocycles. The van der Waals surface area contributed by atoms with Gasteiger partial charge in [0.25, 0.3) is 0 Å². The number of halogens is 1. The molecule has 1 heterocycles. The first-order valence-corrected chi connectivity index (χ1v) is 6.84. The molecule has 0 bridgehead atoms. The smallest absolute Gasteiger partial charge is 0.308 e. The normalized spacial score (nSPS) is 18.4. The number of carboxylic acid groups (broad SMARTS) is 1. The molecule has 114 valence electrons. The lowest BCUT2D eigenvalue weighted by Crippen LogP contribution is -2.43. The molecule has 21 heavy (non-hydrogen) atoms. The van der Waals surface area contributed by atoms with Crippen LogP contribution in [0.4, 0.5) is 4.39 Å². The molecule has 1 aromatic carbocycles. The van der Waals surface area contributed by atoms with Crippen molar-refractivity contribution in [1.29, 1.82) is 0 Å². The van der Waals surface area contributed by atoms with Gasteiger partial charge in [-0.15, -0.1) is 0 Å². The number of rotatable bonds is 4. The van der Waals surface area contributed by atoms with Crippen LogP contribution < -0.4 is 4.74 Å². The monoisotopic (exact) mass is 295 g/mol. The Morgan fingerprint density at radius 2 is 2.24 bits per heavy atom. The number of methoxy groups -OCH3 is 1. The summed E-state index contributed by atoms with van der Waals surface area (Å²) in [5, 5.41) is 9.02. The first-order chi connectivity index (χ1) is 10.0. The van der Waals surface area contributed by atoms with E-state index < -0.39 is 17.7 Å². The molecule has 1 N–H and O–H groups in total. The Bertz CT molecular complexity index is 546. The number of hydrogen-bond acceptors (Lipinski definition) is 3. The van der Waals surface area contributed by atoms with Crippen LogP contribution in [0, 0.1) is 11.7 Å². The summed E-state index contributed by atoms with van der Waals surface area (Å²) in [5.41, 5.74) is 0.552. The lowest BCUT2D eigenvalue weighted by Gasteiger charge is -2.30. The number of nitrogens with zero attached hydrogens (tertiary/aromatic N) is 1. The van der Waals surface area contributed by atoms with E-state index in [1.54, 1.807) is 11.0 Å². The topological polar surface area (TPSA) is 66.8 Å². The van der Waals surface area contributed by atoms with E-state index in [0.717, 1.165) is 0 Å².